The van der Waals surface area contributed by atoms with E-state index in [2.05, 4.69) is 4.98 Å². The van der Waals surface area contributed by atoms with Crippen molar-refractivity contribution in [2.24, 2.45) is 0 Å². The molecule has 1 aliphatic rings. The second-order valence-corrected chi connectivity index (χ2v) is 6.31. The van der Waals surface area contributed by atoms with E-state index in [9.17, 15) is 9.18 Å². The van der Waals surface area contributed by atoms with Gasteiger partial charge in [0.2, 0.25) is 0 Å². The van der Waals surface area contributed by atoms with Crippen molar-refractivity contribution in [3.63, 3.8) is 0 Å². The molecule has 0 radical (unpaired) electrons. The molecule has 3 aromatic rings. The molecule has 0 aliphatic heterocycles. The van der Waals surface area contributed by atoms with Crippen LogP contribution in [0.3, 0.4) is 0 Å². The third-order valence-corrected chi connectivity index (χ3v) is 4.43. The first kappa shape index (κ1) is 15.6. The van der Waals surface area contributed by atoms with Gasteiger partial charge in [0.15, 0.2) is 0 Å². The molecule has 126 valence electrons. The summed E-state index contributed by atoms with van der Waals surface area (Å²) < 4.78 is 15.0. The van der Waals surface area contributed by atoms with Crippen molar-refractivity contribution in [1.29, 1.82) is 0 Å². The molecule has 1 fully saturated rings. The van der Waals surface area contributed by atoms with Gasteiger partial charge < -0.3 is 9.47 Å². The van der Waals surface area contributed by atoms with Gasteiger partial charge in [-0.1, -0.05) is 12.1 Å². The minimum atomic E-state index is -0.261. The third kappa shape index (κ3) is 3.45. The monoisotopic (exact) mass is 335 g/mol. The van der Waals surface area contributed by atoms with E-state index in [1.807, 2.05) is 39.9 Å². The van der Waals surface area contributed by atoms with Crippen molar-refractivity contribution in [1.82, 2.24) is 14.5 Å². The van der Waals surface area contributed by atoms with E-state index in [-0.39, 0.29) is 17.8 Å². The van der Waals surface area contributed by atoms with Crippen molar-refractivity contribution in [2.75, 3.05) is 0 Å². The number of hydrogen-bond acceptors (Lipinski definition) is 2. The molecule has 0 atom stereocenters. The summed E-state index contributed by atoms with van der Waals surface area (Å²) >= 11 is 0. The predicted octanol–water partition coefficient (Wildman–Crippen LogP) is 3.82. The molecular formula is C20H18FN3O. The predicted molar refractivity (Wildman–Crippen MR) is 92.9 cm³/mol. The highest BCUT2D eigenvalue weighted by Gasteiger charge is 2.33. The van der Waals surface area contributed by atoms with Crippen molar-refractivity contribution in [3.05, 3.63) is 84.2 Å². The van der Waals surface area contributed by atoms with Crippen LogP contribution in [0.1, 0.15) is 28.8 Å². The number of aromatic nitrogens is 2. The van der Waals surface area contributed by atoms with Gasteiger partial charge >= 0.3 is 0 Å². The van der Waals surface area contributed by atoms with E-state index in [4.69, 9.17) is 0 Å². The second-order valence-electron chi connectivity index (χ2n) is 6.31. The van der Waals surface area contributed by atoms with Crippen LogP contribution in [0.2, 0.25) is 0 Å². The van der Waals surface area contributed by atoms with Crippen LogP contribution in [-0.4, -0.2) is 26.4 Å². The molecule has 2 aromatic carbocycles. The highest BCUT2D eigenvalue weighted by atomic mass is 19.1. The summed E-state index contributed by atoms with van der Waals surface area (Å²) in [5, 5.41) is 0. The summed E-state index contributed by atoms with van der Waals surface area (Å²) in [5.74, 6) is -0.243. The molecule has 1 aliphatic carbocycles. The fourth-order valence-electron chi connectivity index (χ4n) is 2.89. The topological polar surface area (TPSA) is 38.1 Å². The summed E-state index contributed by atoms with van der Waals surface area (Å²) in [7, 11) is 0. The van der Waals surface area contributed by atoms with E-state index in [0.717, 1.165) is 24.1 Å². The summed E-state index contributed by atoms with van der Waals surface area (Å²) in [6.07, 6.45) is 7.36. The maximum Gasteiger partial charge on any atom is 0.254 e. The molecule has 4 nitrogen and oxygen atoms in total. The van der Waals surface area contributed by atoms with Gasteiger partial charge in [-0.3, -0.25) is 4.79 Å². The van der Waals surface area contributed by atoms with Gasteiger partial charge in [0.05, 0.1) is 6.33 Å². The molecule has 0 bridgehead atoms. The van der Waals surface area contributed by atoms with Crippen molar-refractivity contribution < 1.29 is 9.18 Å². The fraction of sp³-hybridized carbons (Fsp3) is 0.200. The van der Waals surface area contributed by atoms with Crippen LogP contribution < -0.4 is 0 Å². The summed E-state index contributed by atoms with van der Waals surface area (Å²) in [6.45, 7) is 0.507. The van der Waals surface area contributed by atoms with E-state index in [0.29, 0.717) is 12.1 Å². The van der Waals surface area contributed by atoms with Gasteiger partial charge in [0.1, 0.15) is 5.82 Å². The SMILES string of the molecule is O=C(c1ccc(-n2ccnc2)cc1)N(Cc1ccc(F)cc1)C1CC1. The highest BCUT2D eigenvalue weighted by Crippen LogP contribution is 2.30. The first-order chi connectivity index (χ1) is 12.2. The highest BCUT2D eigenvalue weighted by molar-refractivity contribution is 5.94. The lowest BCUT2D eigenvalue weighted by Gasteiger charge is -2.23. The minimum Gasteiger partial charge on any atom is -0.331 e. The Balaban J connectivity index is 1.53. The van der Waals surface area contributed by atoms with Gasteiger partial charge in [-0.25, -0.2) is 9.37 Å². The molecule has 4 rings (SSSR count). The van der Waals surface area contributed by atoms with E-state index in [1.54, 1.807) is 24.7 Å². The number of carbonyl (C=O) groups is 1. The first-order valence-electron chi connectivity index (χ1n) is 8.34. The Morgan fingerprint density at radius 3 is 2.44 bits per heavy atom. The van der Waals surface area contributed by atoms with Gasteiger partial charge in [-0.15, -0.1) is 0 Å². The van der Waals surface area contributed by atoms with Crippen LogP contribution in [0.5, 0.6) is 0 Å². The molecule has 1 amide bonds. The van der Waals surface area contributed by atoms with Crippen LogP contribution >= 0.6 is 0 Å². The maximum atomic E-state index is 13.1. The quantitative estimate of drug-likeness (QED) is 0.711. The molecule has 0 saturated heterocycles. The molecule has 0 spiro atoms. The molecule has 1 saturated carbocycles. The largest absolute Gasteiger partial charge is 0.331 e. The number of hydrogen-bond donors (Lipinski definition) is 0. The number of amides is 1. The maximum absolute atomic E-state index is 13.1. The van der Waals surface area contributed by atoms with Gasteiger partial charge in [-0.2, -0.15) is 0 Å². The van der Waals surface area contributed by atoms with E-state index < -0.39 is 0 Å². The Bertz CT molecular complexity index is 853. The molecule has 1 aromatic heterocycles. The summed E-state index contributed by atoms with van der Waals surface area (Å²) in [4.78, 5) is 18.8. The molecule has 1 heterocycles. The lowest BCUT2D eigenvalue weighted by molar-refractivity contribution is 0.0730. The third-order valence-electron chi connectivity index (χ3n) is 4.43. The van der Waals surface area contributed by atoms with Crippen LogP contribution in [0.15, 0.2) is 67.3 Å². The molecule has 0 unspecified atom stereocenters. The smallest absolute Gasteiger partial charge is 0.254 e. The standard InChI is InChI=1S/C20H18FN3O/c21-17-5-1-15(2-6-17)13-24(19-9-10-19)20(25)16-3-7-18(8-4-16)23-12-11-22-14-23/h1-8,11-12,14,19H,9-10,13H2. The zero-order valence-corrected chi connectivity index (χ0v) is 13.7. The minimum absolute atomic E-state index is 0.0176. The number of imidazole rings is 1. The Morgan fingerprint density at radius 1 is 1.12 bits per heavy atom. The number of benzene rings is 2. The van der Waals surface area contributed by atoms with Crippen LogP contribution in [0.25, 0.3) is 5.69 Å². The van der Waals surface area contributed by atoms with Crippen molar-refractivity contribution >= 4 is 5.91 Å². The molecular weight excluding hydrogens is 317 g/mol. The number of rotatable bonds is 5. The second kappa shape index (κ2) is 6.51. The number of carbonyl (C=O) groups excluding carboxylic acids is 1. The Labute approximate surface area is 145 Å². The number of nitrogens with zero attached hydrogens (tertiary/aromatic N) is 3. The first-order valence-corrected chi connectivity index (χ1v) is 8.34. The fourth-order valence-corrected chi connectivity index (χ4v) is 2.89. The lowest BCUT2D eigenvalue weighted by Crippen LogP contribution is -2.32. The zero-order chi connectivity index (χ0) is 17.2. The van der Waals surface area contributed by atoms with Crippen LogP contribution in [0, 0.1) is 5.82 Å². The van der Waals surface area contributed by atoms with Crippen LogP contribution in [0.4, 0.5) is 4.39 Å². The Kier molecular flexibility index (Phi) is 4.06. The van der Waals surface area contributed by atoms with Gasteiger partial charge in [0, 0.05) is 36.2 Å². The Hall–Kier alpha value is -2.95. The van der Waals surface area contributed by atoms with Crippen LogP contribution in [-0.2, 0) is 6.54 Å². The molecule has 25 heavy (non-hydrogen) atoms. The van der Waals surface area contributed by atoms with Gasteiger partial charge in [-0.05, 0) is 54.8 Å². The molecule has 0 N–H and O–H groups in total. The normalized spacial score (nSPS) is 13.6. The average molecular weight is 335 g/mol. The van der Waals surface area contributed by atoms with Crippen molar-refractivity contribution in [3.8, 4) is 5.69 Å². The zero-order valence-electron chi connectivity index (χ0n) is 13.7. The lowest BCUT2D eigenvalue weighted by atomic mass is 10.1. The molecule has 5 heteroatoms. The average Bonchev–Trinajstić information content (AvgIpc) is 3.34. The van der Waals surface area contributed by atoms with Gasteiger partial charge in [0.25, 0.3) is 5.91 Å². The Morgan fingerprint density at radius 2 is 1.84 bits per heavy atom. The van der Waals surface area contributed by atoms with E-state index >= 15 is 0 Å². The summed E-state index contributed by atoms with van der Waals surface area (Å²) in [6, 6.07) is 14.1. The summed E-state index contributed by atoms with van der Waals surface area (Å²) in [5.41, 5.74) is 2.57. The van der Waals surface area contributed by atoms with Crippen molar-refractivity contribution in [2.45, 2.75) is 25.4 Å². The van der Waals surface area contributed by atoms with E-state index in [1.165, 1.54) is 12.1 Å². The number of halogens is 1.